The number of hydrogen-bond donors (Lipinski definition) is 1. The largest absolute Gasteiger partial charge is 0.493 e. The van der Waals surface area contributed by atoms with Gasteiger partial charge in [0.05, 0.1) is 29.3 Å². The first-order valence-electron chi connectivity index (χ1n) is 7.13. The normalized spacial score (nSPS) is 11.4. The fourth-order valence-electron chi connectivity index (χ4n) is 2.15. The number of hydrogen-bond acceptors (Lipinski definition) is 4. The van der Waals surface area contributed by atoms with Crippen molar-refractivity contribution in [3.05, 3.63) is 51.0 Å². The molecule has 0 unspecified atom stereocenters. The molecular formula is C16H16Cl3NO4S. The Morgan fingerprint density at radius 1 is 0.920 bits per heavy atom. The minimum Gasteiger partial charge on any atom is -0.493 e. The van der Waals surface area contributed by atoms with Crippen molar-refractivity contribution >= 4 is 44.8 Å². The van der Waals surface area contributed by atoms with Gasteiger partial charge in [-0.3, -0.25) is 0 Å². The molecule has 0 aliphatic heterocycles. The highest BCUT2D eigenvalue weighted by Gasteiger charge is 2.19. The molecule has 0 spiro atoms. The number of methoxy groups -OCH3 is 2. The summed E-state index contributed by atoms with van der Waals surface area (Å²) in [4.78, 5) is -0.115. The van der Waals surface area contributed by atoms with Crippen LogP contribution in [0.1, 0.15) is 5.56 Å². The van der Waals surface area contributed by atoms with E-state index >= 15 is 0 Å². The lowest BCUT2D eigenvalue weighted by Gasteiger charge is -2.11. The van der Waals surface area contributed by atoms with Gasteiger partial charge in [0.2, 0.25) is 10.0 Å². The second kappa shape index (κ2) is 8.47. The van der Waals surface area contributed by atoms with Gasteiger partial charge < -0.3 is 9.47 Å². The highest BCUT2D eigenvalue weighted by atomic mass is 35.5. The maximum atomic E-state index is 12.4. The Balaban J connectivity index is 2.10. The lowest BCUT2D eigenvalue weighted by molar-refractivity contribution is 0.354. The summed E-state index contributed by atoms with van der Waals surface area (Å²) in [5.74, 6) is 1.19. The van der Waals surface area contributed by atoms with Crippen LogP contribution < -0.4 is 14.2 Å². The molecule has 0 amide bonds. The van der Waals surface area contributed by atoms with Crippen molar-refractivity contribution < 1.29 is 17.9 Å². The Morgan fingerprint density at radius 3 is 2.20 bits per heavy atom. The van der Waals surface area contributed by atoms with Crippen LogP contribution in [0.15, 0.2) is 35.2 Å². The summed E-state index contributed by atoms with van der Waals surface area (Å²) in [5, 5.41) is 0.315. The fourth-order valence-corrected chi connectivity index (χ4v) is 4.19. The summed E-state index contributed by atoms with van der Waals surface area (Å²) in [6, 6.07) is 7.92. The molecule has 0 fully saturated rings. The number of nitrogens with one attached hydrogen (secondary N) is 1. The van der Waals surface area contributed by atoms with E-state index < -0.39 is 10.0 Å². The standard InChI is InChI=1S/C16H16Cl3NO4S/c1-23-14-4-3-10(7-15(14)24-2)5-6-20-25(21,22)16-9-12(18)11(17)8-13(16)19/h3-4,7-9,20H,5-6H2,1-2H3. The van der Waals surface area contributed by atoms with Crippen LogP contribution in [0.5, 0.6) is 11.5 Å². The summed E-state index contributed by atoms with van der Waals surface area (Å²) in [5.41, 5.74) is 0.889. The maximum Gasteiger partial charge on any atom is 0.242 e. The van der Waals surface area contributed by atoms with E-state index in [0.29, 0.717) is 17.9 Å². The number of benzene rings is 2. The zero-order valence-corrected chi connectivity index (χ0v) is 16.6. The van der Waals surface area contributed by atoms with E-state index in [2.05, 4.69) is 4.72 Å². The average molecular weight is 425 g/mol. The van der Waals surface area contributed by atoms with Crippen LogP contribution in [-0.4, -0.2) is 29.2 Å². The van der Waals surface area contributed by atoms with Crippen molar-refractivity contribution in [2.45, 2.75) is 11.3 Å². The number of rotatable bonds is 7. The first kappa shape index (κ1) is 20.1. The molecule has 5 nitrogen and oxygen atoms in total. The lowest BCUT2D eigenvalue weighted by Crippen LogP contribution is -2.26. The van der Waals surface area contributed by atoms with E-state index in [1.807, 2.05) is 6.07 Å². The van der Waals surface area contributed by atoms with Crippen molar-refractivity contribution in [2.75, 3.05) is 20.8 Å². The molecule has 2 rings (SSSR count). The average Bonchev–Trinajstić information content (AvgIpc) is 2.57. The summed E-state index contributed by atoms with van der Waals surface area (Å²) in [6.07, 6.45) is 0.457. The highest BCUT2D eigenvalue weighted by Crippen LogP contribution is 2.31. The third-order valence-electron chi connectivity index (χ3n) is 3.42. The fraction of sp³-hybridized carbons (Fsp3) is 0.250. The van der Waals surface area contributed by atoms with Gasteiger partial charge in [-0.15, -0.1) is 0 Å². The van der Waals surface area contributed by atoms with E-state index in [0.717, 1.165) is 5.56 Å². The van der Waals surface area contributed by atoms with Gasteiger partial charge >= 0.3 is 0 Å². The van der Waals surface area contributed by atoms with Gasteiger partial charge in [0.25, 0.3) is 0 Å². The monoisotopic (exact) mass is 423 g/mol. The van der Waals surface area contributed by atoms with E-state index in [1.165, 1.54) is 19.2 Å². The summed E-state index contributed by atoms with van der Waals surface area (Å²) < 4.78 is 37.7. The van der Waals surface area contributed by atoms with Crippen molar-refractivity contribution in [3.63, 3.8) is 0 Å². The first-order valence-corrected chi connectivity index (χ1v) is 9.75. The van der Waals surface area contributed by atoms with E-state index in [1.54, 1.807) is 19.2 Å². The molecule has 1 N–H and O–H groups in total. The molecule has 0 bridgehead atoms. The Hall–Kier alpha value is -1.18. The van der Waals surface area contributed by atoms with E-state index in [-0.39, 0.29) is 26.5 Å². The van der Waals surface area contributed by atoms with Gasteiger partial charge in [-0.05, 0) is 36.2 Å². The molecule has 0 aromatic heterocycles. The van der Waals surface area contributed by atoms with Gasteiger partial charge in [-0.2, -0.15) is 0 Å². The predicted molar refractivity (Wildman–Crippen MR) is 99.9 cm³/mol. The molecule has 2 aromatic rings. The second-order valence-electron chi connectivity index (χ2n) is 5.03. The van der Waals surface area contributed by atoms with E-state index in [9.17, 15) is 8.42 Å². The number of sulfonamides is 1. The molecule has 0 saturated heterocycles. The lowest BCUT2D eigenvalue weighted by atomic mass is 10.1. The van der Waals surface area contributed by atoms with Crippen molar-refractivity contribution in [3.8, 4) is 11.5 Å². The van der Waals surface area contributed by atoms with Crippen LogP contribution in [0.2, 0.25) is 15.1 Å². The SMILES string of the molecule is COc1ccc(CCNS(=O)(=O)c2cc(Cl)c(Cl)cc2Cl)cc1OC. The molecule has 25 heavy (non-hydrogen) atoms. The Labute approximate surface area is 161 Å². The van der Waals surface area contributed by atoms with Crippen LogP contribution in [0.3, 0.4) is 0 Å². The zero-order valence-electron chi connectivity index (χ0n) is 13.5. The van der Waals surface area contributed by atoms with Gasteiger partial charge in [0.1, 0.15) is 4.90 Å². The minimum absolute atomic E-state index is 0.00742. The molecule has 0 aliphatic carbocycles. The molecule has 0 saturated carbocycles. The Bertz CT molecular complexity index is 872. The van der Waals surface area contributed by atoms with Crippen molar-refractivity contribution in [1.29, 1.82) is 0 Å². The van der Waals surface area contributed by atoms with Gasteiger partial charge in [-0.25, -0.2) is 13.1 Å². The molecule has 0 radical (unpaired) electrons. The topological polar surface area (TPSA) is 64.6 Å². The van der Waals surface area contributed by atoms with Gasteiger partial charge in [-0.1, -0.05) is 40.9 Å². The summed E-state index contributed by atoms with van der Waals surface area (Å²) in [7, 11) is -0.723. The van der Waals surface area contributed by atoms with E-state index in [4.69, 9.17) is 44.3 Å². The third-order valence-corrected chi connectivity index (χ3v) is 6.07. The molecule has 2 aromatic carbocycles. The van der Waals surface area contributed by atoms with Crippen LogP contribution >= 0.6 is 34.8 Å². The predicted octanol–water partition coefficient (Wildman–Crippen LogP) is 4.19. The molecule has 0 heterocycles. The first-order chi connectivity index (χ1) is 11.8. The maximum absolute atomic E-state index is 12.4. The van der Waals surface area contributed by atoms with Crippen molar-refractivity contribution in [2.24, 2.45) is 0 Å². The minimum atomic E-state index is -3.81. The molecule has 9 heteroatoms. The molecular weight excluding hydrogens is 409 g/mol. The molecule has 0 aliphatic rings. The van der Waals surface area contributed by atoms with Crippen molar-refractivity contribution in [1.82, 2.24) is 4.72 Å². The quantitative estimate of drug-likeness (QED) is 0.677. The summed E-state index contributed by atoms with van der Waals surface area (Å²) in [6.45, 7) is 0.175. The third kappa shape index (κ3) is 4.92. The molecule has 0 atom stereocenters. The number of ether oxygens (including phenoxy) is 2. The van der Waals surface area contributed by atoms with Gasteiger partial charge in [0, 0.05) is 6.54 Å². The second-order valence-corrected chi connectivity index (χ2v) is 7.99. The number of halogens is 3. The van der Waals surface area contributed by atoms with Crippen LogP contribution in [0.4, 0.5) is 0 Å². The van der Waals surface area contributed by atoms with Gasteiger partial charge in [0.15, 0.2) is 11.5 Å². The Morgan fingerprint density at radius 2 is 1.56 bits per heavy atom. The Kier molecular flexibility index (Phi) is 6.82. The zero-order chi connectivity index (χ0) is 18.6. The smallest absolute Gasteiger partial charge is 0.242 e. The van der Waals surface area contributed by atoms with Crippen LogP contribution in [0, 0.1) is 0 Å². The highest BCUT2D eigenvalue weighted by molar-refractivity contribution is 7.89. The van der Waals surface area contributed by atoms with Crippen LogP contribution in [0.25, 0.3) is 0 Å². The summed E-state index contributed by atoms with van der Waals surface area (Å²) >= 11 is 17.7. The molecule has 136 valence electrons. The van der Waals surface area contributed by atoms with Crippen LogP contribution in [-0.2, 0) is 16.4 Å².